The molecule has 1 rings (SSSR count). The Kier molecular flexibility index (Phi) is 3.42. The molecule has 0 aliphatic carbocycles. The van der Waals surface area contributed by atoms with Crippen molar-refractivity contribution in [2.75, 3.05) is 0 Å². The largest absolute Gasteiger partial charge is 0.416 e. The van der Waals surface area contributed by atoms with Gasteiger partial charge in [-0.2, -0.15) is 26.3 Å². The summed E-state index contributed by atoms with van der Waals surface area (Å²) in [4.78, 5) is 0. The van der Waals surface area contributed by atoms with Crippen molar-refractivity contribution in [3.05, 3.63) is 40.8 Å². The van der Waals surface area contributed by atoms with Gasteiger partial charge in [0, 0.05) is 5.02 Å². The van der Waals surface area contributed by atoms with E-state index in [4.69, 9.17) is 11.6 Å². The van der Waals surface area contributed by atoms with Gasteiger partial charge in [-0.3, -0.25) is 0 Å². The van der Waals surface area contributed by atoms with Crippen molar-refractivity contribution in [1.82, 2.24) is 0 Å². The fraction of sp³-hybridized carbons (Fsp3) is 0.222. The summed E-state index contributed by atoms with van der Waals surface area (Å²) in [6.45, 7) is 0. The minimum absolute atomic E-state index is 0.242. The highest BCUT2D eigenvalue weighted by Gasteiger charge is 2.33. The molecule has 0 spiro atoms. The molecular weight excluding hydrogens is 258 g/mol. The predicted octanol–water partition coefficient (Wildman–Crippen LogP) is 4.47. The molecule has 1 aromatic carbocycles. The van der Waals surface area contributed by atoms with Crippen LogP contribution in [-0.2, 0) is 6.18 Å². The van der Waals surface area contributed by atoms with Gasteiger partial charge in [0.05, 0.1) is 12.0 Å². The predicted molar refractivity (Wildman–Crippen MR) is 45.9 cm³/mol. The first-order valence-corrected chi connectivity index (χ1v) is 4.26. The normalized spacial score (nSPS) is 12.9. The monoisotopic (exact) mass is 261 g/mol. The van der Waals surface area contributed by atoms with E-state index in [1.54, 1.807) is 0 Å². The van der Waals surface area contributed by atoms with Crippen LogP contribution in [0.4, 0.5) is 26.3 Å². The molecule has 0 bridgehead atoms. The zero-order chi connectivity index (χ0) is 12.6. The molecule has 89 valence electrons. The SMILES string of the molecule is FC(F)(F)[CH]c1cc(Cl)cc(C(F)(F)F)c1. The number of rotatable bonds is 1. The van der Waals surface area contributed by atoms with Gasteiger partial charge < -0.3 is 0 Å². The topological polar surface area (TPSA) is 0 Å². The average Bonchev–Trinajstić information content (AvgIpc) is 1.97. The van der Waals surface area contributed by atoms with Gasteiger partial charge in [0.1, 0.15) is 0 Å². The lowest BCUT2D eigenvalue weighted by Crippen LogP contribution is -2.11. The molecule has 0 fully saturated rings. The molecular formula is C9H4ClF6. The first-order valence-electron chi connectivity index (χ1n) is 3.88. The molecule has 0 aliphatic heterocycles. The van der Waals surface area contributed by atoms with Crippen LogP contribution in [-0.4, -0.2) is 6.18 Å². The van der Waals surface area contributed by atoms with E-state index >= 15 is 0 Å². The van der Waals surface area contributed by atoms with Gasteiger partial charge in [0.15, 0.2) is 0 Å². The Morgan fingerprint density at radius 3 is 1.94 bits per heavy atom. The molecule has 0 nitrogen and oxygen atoms in total. The standard InChI is InChI=1S/C9H4ClF6/c10-7-2-5(4-8(11,12)13)1-6(3-7)9(14,15)16/h1-4H. The van der Waals surface area contributed by atoms with Crippen LogP contribution in [0.25, 0.3) is 0 Å². The molecule has 0 saturated carbocycles. The van der Waals surface area contributed by atoms with Gasteiger partial charge in [-0.05, 0) is 23.8 Å². The van der Waals surface area contributed by atoms with Crippen LogP contribution in [0.1, 0.15) is 11.1 Å². The van der Waals surface area contributed by atoms with Crippen LogP contribution >= 0.6 is 11.6 Å². The second kappa shape index (κ2) is 4.16. The van der Waals surface area contributed by atoms with E-state index in [1.807, 2.05) is 0 Å². The third kappa shape index (κ3) is 3.92. The Balaban J connectivity index is 3.09. The molecule has 0 N–H and O–H groups in total. The van der Waals surface area contributed by atoms with Crippen molar-refractivity contribution in [3.8, 4) is 0 Å². The molecule has 0 heterocycles. The van der Waals surface area contributed by atoms with Gasteiger partial charge in [-0.1, -0.05) is 11.6 Å². The highest BCUT2D eigenvalue weighted by atomic mass is 35.5. The molecule has 7 heteroatoms. The van der Waals surface area contributed by atoms with E-state index in [-0.39, 0.29) is 6.42 Å². The maximum atomic E-state index is 12.2. The van der Waals surface area contributed by atoms with Crippen LogP contribution < -0.4 is 0 Å². The molecule has 0 amide bonds. The van der Waals surface area contributed by atoms with E-state index in [1.165, 1.54) is 0 Å². The Labute approximate surface area is 91.8 Å². The van der Waals surface area contributed by atoms with Crippen LogP contribution in [0, 0.1) is 6.42 Å². The molecule has 0 unspecified atom stereocenters. The van der Waals surface area contributed by atoms with Crippen LogP contribution in [0.15, 0.2) is 18.2 Å². The van der Waals surface area contributed by atoms with Crippen LogP contribution in [0.3, 0.4) is 0 Å². The summed E-state index contributed by atoms with van der Waals surface area (Å²) in [5, 5.41) is -0.398. The van der Waals surface area contributed by atoms with E-state index in [9.17, 15) is 26.3 Å². The molecule has 0 aromatic heterocycles. The van der Waals surface area contributed by atoms with Crippen molar-refractivity contribution >= 4 is 11.6 Å². The number of benzene rings is 1. The summed E-state index contributed by atoms with van der Waals surface area (Å²) in [5.74, 6) is 0. The van der Waals surface area contributed by atoms with Crippen LogP contribution in [0.2, 0.25) is 5.02 Å². The van der Waals surface area contributed by atoms with Gasteiger partial charge in [-0.25, -0.2) is 0 Å². The maximum absolute atomic E-state index is 12.2. The average molecular weight is 262 g/mol. The highest BCUT2D eigenvalue weighted by Crippen LogP contribution is 2.34. The van der Waals surface area contributed by atoms with E-state index in [2.05, 4.69) is 0 Å². The Bertz CT molecular complexity index is 379. The Morgan fingerprint density at radius 1 is 0.938 bits per heavy atom. The van der Waals surface area contributed by atoms with Gasteiger partial charge >= 0.3 is 12.4 Å². The van der Waals surface area contributed by atoms with E-state index in [0.717, 1.165) is 6.07 Å². The number of hydrogen-bond donors (Lipinski definition) is 0. The minimum Gasteiger partial charge on any atom is -0.170 e. The summed E-state index contributed by atoms with van der Waals surface area (Å²) in [6, 6.07) is 1.76. The maximum Gasteiger partial charge on any atom is 0.416 e. The first kappa shape index (κ1) is 13.2. The lowest BCUT2D eigenvalue weighted by Gasteiger charge is -2.11. The van der Waals surface area contributed by atoms with Crippen molar-refractivity contribution in [2.24, 2.45) is 0 Å². The quantitative estimate of drug-likeness (QED) is 0.654. The second-order valence-corrected chi connectivity index (χ2v) is 3.39. The lowest BCUT2D eigenvalue weighted by atomic mass is 10.1. The second-order valence-electron chi connectivity index (χ2n) is 2.96. The fourth-order valence-corrected chi connectivity index (χ4v) is 1.29. The Hall–Kier alpha value is -0.910. The van der Waals surface area contributed by atoms with Gasteiger partial charge in [-0.15, -0.1) is 0 Å². The molecule has 16 heavy (non-hydrogen) atoms. The van der Waals surface area contributed by atoms with Crippen molar-refractivity contribution in [3.63, 3.8) is 0 Å². The summed E-state index contributed by atoms with van der Waals surface area (Å²) in [5.41, 5.74) is -1.84. The number of alkyl halides is 6. The van der Waals surface area contributed by atoms with Crippen LogP contribution in [0.5, 0.6) is 0 Å². The zero-order valence-corrected chi connectivity index (χ0v) is 8.21. The number of hydrogen-bond acceptors (Lipinski definition) is 0. The summed E-state index contributed by atoms with van der Waals surface area (Å²) in [7, 11) is 0. The zero-order valence-electron chi connectivity index (χ0n) is 7.46. The highest BCUT2D eigenvalue weighted by molar-refractivity contribution is 6.30. The Morgan fingerprint density at radius 2 is 1.50 bits per heavy atom. The van der Waals surface area contributed by atoms with Crippen molar-refractivity contribution < 1.29 is 26.3 Å². The third-order valence-corrected chi connectivity index (χ3v) is 1.80. The summed E-state index contributed by atoms with van der Waals surface area (Å²) >= 11 is 5.30. The molecule has 0 atom stereocenters. The van der Waals surface area contributed by atoms with Gasteiger partial charge in [0.2, 0.25) is 0 Å². The molecule has 1 radical (unpaired) electrons. The summed E-state index contributed by atoms with van der Waals surface area (Å²) < 4.78 is 72.4. The fourth-order valence-electron chi connectivity index (χ4n) is 1.05. The smallest absolute Gasteiger partial charge is 0.170 e. The third-order valence-electron chi connectivity index (χ3n) is 1.58. The lowest BCUT2D eigenvalue weighted by molar-refractivity contribution is -0.137. The van der Waals surface area contributed by atoms with Gasteiger partial charge in [0.25, 0.3) is 0 Å². The van der Waals surface area contributed by atoms with Crippen molar-refractivity contribution in [2.45, 2.75) is 12.4 Å². The molecule has 0 saturated heterocycles. The van der Waals surface area contributed by atoms with E-state index in [0.29, 0.717) is 12.1 Å². The van der Waals surface area contributed by atoms with Crippen molar-refractivity contribution in [1.29, 1.82) is 0 Å². The van der Waals surface area contributed by atoms with E-state index < -0.39 is 28.5 Å². The minimum atomic E-state index is -4.72. The number of halogens is 7. The first-order chi connectivity index (χ1) is 7.08. The summed E-state index contributed by atoms with van der Waals surface area (Å²) in [6.07, 6.45) is -9.65. The molecule has 1 aromatic rings. The molecule has 0 aliphatic rings.